The van der Waals surface area contributed by atoms with E-state index in [0.717, 1.165) is 29.4 Å². The highest BCUT2D eigenvalue weighted by Gasteiger charge is 2.18. The van der Waals surface area contributed by atoms with Crippen LogP contribution in [0.25, 0.3) is 0 Å². The molecule has 1 aliphatic carbocycles. The summed E-state index contributed by atoms with van der Waals surface area (Å²) in [7, 11) is 5.48. The van der Waals surface area contributed by atoms with E-state index < -0.39 is 0 Å². The van der Waals surface area contributed by atoms with Crippen molar-refractivity contribution in [3.8, 4) is 0 Å². The molecule has 0 unspecified atom stereocenters. The molecule has 24 heavy (non-hydrogen) atoms. The number of benzene rings is 1. The van der Waals surface area contributed by atoms with Gasteiger partial charge in [-0.15, -0.1) is 0 Å². The molecule has 1 amide bonds. The van der Waals surface area contributed by atoms with Crippen LogP contribution in [0.2, 0.25) is 5.02 Å². The van der Waals surface area contributed by atoms with Crippen molar-refractivity contribution in [3.05, 3.63) is 34.9 Å². The monoisotopic (exact) mass is 350 g/mol. The van der Waals surface area contributed by atoms with E-state index in [9.17, 15) is 4.79 Å². The van der Waals surface area contributed by atoms with Crippen LogP contribution in [0, 0.1) is 0 Å². The van der Waals surface area contributed by atoms with Gasteiger partial charge in [-0.2, -0.15) is 0 Å². The number of nitrogens with zero attached hydrogens (tertiary/aromatic N) is 3. The van der Waals surface area contributed by atoms with Gasteiger partial charge >= 0.3 is 0 Å². The van der Waals surface area contributed by atoms with Gasteiger partial charge in [0.25, 0.3) is 0 Å². The molecule has 1 saturated carbocycles. The topological polar surface area (TPSA) is 47.9 Å². The van der Waals surface area contributed by atoms with Crippen LogP contribution in [-0.2, 0) is 11.3 Å². The van der Waals surface area contributed by atoms with E-state index in [1.807, 2.05) is 36.2 Å². The van der Waals surface area contributed by atoms with E-state index in [0.29, 0.717) is 12.6 Å². The van der Waals surface area contributed by atoms with Crippen molar-refractivity contribution in [2.45, 2.75) is 38.3 Å². The zero-order valence-corrected chi connectivity index (χ0v) is 15.5. The Labute approximate surface area is 149 Å². The molecule has 0 heterocycles. The minimum Gasteiger partial charge on any atom is -0.353 e. The third kappa shape index (κ3) is 5.71. The van der Waals surface area contributed by atoms with Crippen LogP contribution in [0.1, 0.15) is 31.2 Å². The Bertz CT molecular complexity index is 582. The molecule has 0 radical (unpaired) electrons. The maximum atomic E-state index is 11.9. The first-order valence-corrected chi connectivity index (χ1v) is 8.80. The van der Waals surface area contributed by atoms with Crippen LogP contribution < -0.4 is 5.32 Å². The van der Waals surface area contributed by atoms with Crippen LogP contribution >= 0.6 is 11.6 Å². The second-order valence-corrected chi connectivity index (χ2v) is 6.98. The van der Waals surface area contributed by atoms with Crippen molar-refractivity contribution >= 4 is 23.5 Å². The summed E-state index contributed by atoms with van der Waals surface area (Å²) < 4.78 is 0. The van der Waals surface area contributed by atoms with E-state index in [-0.39, 0.29) is 12.5 Å². The average molecular weight is 351 g/mol. The number of guanidine groups is 1. The van der Waals surface area contributed by atoms with Gasteiger partial charge in [-0.05, 0) is 30.5 Å². The summed E-state index contributed by atoms with van der Waals surface area (Å²) in [6, 6.07) is 8.26. The van der Waals surface area contributed by atoms with Gasteiger partial charge in [0.05, 0.1) is 0 Å². The van der Waals surface area contributed by atoms with E-state index in [2.05, 4.69) is 10.3 Å². The van der Waals surface area contributed by atoms with Gasteiger partial charge in [0.2, 0.25) is 5.91 Å². The Balaban J connectivity index is 2.07. The van der Waals surface area contributed by atoms with E-state index >= 15 is 0 Å². The van der Waals surface area contributed by atoms with Crippen molar-refractivity contribution in [3.63, 3.8) is 0 Å². The van der Waals surface area contributed by atoms with Crippen molar-refractivity contribution in [2.24, 2.45) is 4.99 Å². The van der Waals surface area contributed by atoms with Gasteiger partial charge in [0, 0.05) is 38.8 Å². The van der Waals surface area contributed by atoms with Gasteiger partial charge in [-0.3, -0.25) is 4.79 Å². The molecule has 132 valence electrons. The molecule has 0 bridgehead atoms. The first-order valence-electron chi connectivity index (χ1n) is 8.42. The minimum absolute atomic E-state index is 0.00289. The normalized spacial score (nSPS) is 15.4. The molecular formula is C18H27ClN4O. The SMILES string of the molecule is CN(C)C(=O)CN=C(NC1CCCC1)N(C)Cc1cccc(Cl)c1. The summed E-state index contributed by atoms with van der Waals surface area (Å²) in [6.45, 7) is 0.844. The Kier molecular flexibility index (Phi) is 6.91. The number of carbonyl (C=O) groups excluding carboxylic acids is 1. The summed E-state index contributed by atoms with van der Waals surface area (Å²) in [4.78, 5) is 20.0. The van der Waals surface area contributed by atoms with Crippen molar-refractivity contribution in [2.75, 3.05) is 27.7 Å². The molecule has 6 heteroatoms. The number of hydrogen-bond donors (Lipinski definition) is 1. The van der Waals surface area contributed by atoms with Crippen LogP contribution in [0.4, 0.5) is 0 Å². The van der Waals surface area contributed by atoms with E-state index in [1.54, 1.807) is 19.0 Å². The molecule has 0 aliphatic heterocycles. The smallest absolute Gasteiger partial charge is 0.243 e. The molecule has 1 aromatic carbocycles. The predicted molar refractivity (Wildman–Crippen MR) is 99.3 cm³/mol. The number of carbonyl (C=O) groups is 1. The molecule has 1 aliphatic rings. The maximum Gasteiger partial charge on any atom is 0.243 e. The molecule has 0 aromatic heterocycles. The number of amides is 1. The average Bonchev–Trinajstić information content (AvgIpc) is 3.03. The van der Waals surface area contributed by atoms with Gasteiger partial charge in [0.1, 0.15) is 6.54 Å². The van der Waals surface area contributed by atoms with Gasteiger partial charge in [0.15, 0.2) is 5.96 Å². The molecule has 0 spiro atoms. The lowest BCUT2D eigenvalue weighted by Gasteiger charge is -2.25. The maximum absolute atomic E-state index is 11.9. The molecular weight excluding hydrogens is 324 g/mol. The Morgan fingerprint density at radius 2 is 2.00 bits per heavy atom. The Hall–Kier alpha value is -1.75. The molecule has 5 nitrogen and oxygen atoms in total. The number of nitrogens with one attached hydrogen (secondary N) is 1. The fourth-order valence-electron chi connectivity index (χ4n) is 2.80. The molecule has 1 aromatic rings. The van der Waals surface area contributed by atoms with Crippen LogP contribution in [0.3, 0.4) is 0 Å². The predicted octanol–water partition coefficient (Wildman–Crippen LogP) is 2.75. The van der Waals surface area contributed by atoms with Crippen molar-refractivity contribution < 1.29 is 4.79 Å². The molecule has 0 atom stereocenters. The number of likely N-dealkylation sites (N-methyl/N-ethyl adjacent to an activating group) is 1. The first-order chi connectivity index (χ1) is 11.5. The van der Waals surface area contributed by atoms with Gasteiger partial charge in [-0.25, -0.2) is 4.99 Å². The summed E-state index contributed by atoms with van der Waals surface area (Å²) in [5.74, 6) is 0.772. The lowest BCUT2D eigenvalue weighted by atomic mass is 10.2. The number of rotatable bonds is 5. The van der Waals surface area contributed by atoms with E-state index in [4.69, 9.17) is 11.6 Å². The molecule has 2 rings (SSSR count). The minimum atomic E-state index is -0.00289. The zero-order chi connectivity index (χ0) is 17.5. The fraction of sp³-hybridized carbons (Fsp3) is 0.556. The molecule has 1 N–H and O–H groups in total. The second-order valence-electron chi connectivity index (χ2n) is 6.54. The highest BCUT2D eigenvalue weighted by atomic mass is 35.5. The highest BCUT2D eigenvalue weighted by molar-refractivity contribution is 6.30. The quantitative estimate of drug-likeness (QED) is 0.656. The summed E-state index contributed by atoms with van der Waals surface area (Å²) >= 11 is 6.07. The number of halogens is 1. The summed E-state index contributed by atoms with van der Waals surface area (Å²) in [6.07, 6.45) is 4.82. The van der Waals surface area contributed by atoms with Crippen molar-refractivity contribution in [1.82, 2.24) is 15.1 Å². The van der Waals surface area contributed by atoms with Crippen LogP contribution in [-0.4, -0.2) is 55.4 Å². The Morgan fingerprint density at radius 3 is 2.62 bits per heavy atom. The lowest BCUT2D eigenvalue weighted by Crippen LogP contribution is -2.43. The zero-order valence-electron chi connectivity index (χ0n) is 14.8. The summed E-state index contributed by atoms with van der Waals surface area (Å²) in [5, 5.41) is 4.24. The standard InChI is InChI=1S/C18H27ClN4O/c1-22(2)17(24)12-20-18(21-16-9-4-5-10-16)23(3)13-14-7-6-8-15(19)11-14/h6-8,11,16H,4-5,9-10,12-13H2,1-3H3,(H,20,21). The third-order valence-electron chi connectivity index (χ3n) is 4.22. The third-order valence-corrected chi connectivity index (χ3v) is 4.46. The van der Waals surface area contributed by atoms with Gasteiger partial charge < -0.3 is 15.1 Å². The second kappa shape index (κ2) is 8.92. The highest BCUT2D eigenvalue weighted by Crippen LogP contribution is 2.18. The number of hydrogen-bond acceptors (Lipinski definition) is 2. The van der Waals surface area contributed by atoms with Gasteiger partial charge in [-0.1, -0.05) is 36.6 Å². The van der Waals surface area contributed by atoms with Crippen LogP contribution in [0.5, 0.6) is 0 Å². The van der Waals surface area contributed by atoms with E-state index in [1.165, 1.54) is 12.8 Å². The van der Waals surface area contributed by atoms with Crippen LogP contribution in [0.15, 0.2) is 29.3 Å². The lowest BCUT2D eigenvalue weighted by molar-refractivity contribution is -0.127. The van der Waals surface area contributed by atoms with Crippen molar-refractivity contribution in [1.29, 1.82) is 0 Å². The number of aliphatic imine (C=N–C) groups is 1. The first kappa shape index (κ1) is 18.6. The Morgan fingerprint density at radius 1 is 1.29 bits per heavy atom. The largest absolute Gasteiger partial charge is 0.353 e. The fourth-order valence-corrected chi connectivity index (χ4v) is 3.01. The summed E-state index contributed by atoms with van der Waals surface area (Å²) in [5.41, 5.74) is 1.12. The molecule has 0 saturated heterocycles. The molecule has 1 fully saturated rings.